The number of carbonyl (C=O) groups is 3. The average molecular weight is 724 g/mol. The van der Waals surface area contributed by atoms with Gasteiger partial charge in [0.15, 0.2) is 5.13 Å². The molecule has 0 aliphatic rings. The lowest BCUT2D eigenvalue weighted by molar-refractivity contribution is -0.115. The lowest BCUT2D eigenvalue weighted by atomic mass is 10.1. The number of amides is 3. The largest absolute Gasteiger partial charge is 0.321 e. The lowest BCUT2D eigenvalue weighted by Crippen LogP contribution is -2.30. The lowest BCUT2D eigenvalue weighted by Gasteiger charge is -2.13. The van der Waals surface area contributed by atoms with E-state index in [1.807, 2.05) is 42.6 Å². The van der Waals surface area contributed by atoms with Crippen LogP contribution in [0.15, 0.2) is 131 Å². The molecule has 1 unspecified atom stereocenters. The van der Waals surface area contributed by atoms with Gasteiger partial charge in [0.1, 0.15) is 5.70 Å². The predicted molar refractivity (Wildman–Crippen MR) is 202 cm³/mol. The third kappa shape index (κ3) is 8.57. The van der Waals surface area contributed by atoms with E-state index in [-0.39, 0.29) is 16.6 Å². The van der Waals surface area contributed by atoms with Crippen LogP contribution in [-0.4, -0.2) is 28.0 Å². The molecule has 0 fully saturated rings. The Balaban J connectivity index is 1.09. The van der Waals surface area contributed by atoms with Crippen LogP contribution in [0.3, 0.4) is 0 Å². The van der Waals surface area contributed by atoms with Crippen molar-refractivity contribution in [1.29, 1.82) is 0 Å². The minimum absolute atomic E-state index is 0.0206. The van der Waals surface area contributed by atoms with E-state index in [0.717, 1.165) is 26.9 Å². The van der Waals surface area contributed by atoms with Crippen LogP contribution in [0.4, 0.5) is 10.8 Å². The van der Waals surface area contributed by atoms with E-state index in [1.165, 1.54) is 29.2 Å². The molecule has 1 heterocycles. The SMILES string of the molecule is CC(Sc1ccc(NC(=O)/C(=C/c2cccc(Cl)c2Cl)NC(=O)c2ccccc2)cc1)C(=O)Nc1nc(-c2ccc3ccccc3c2)cs1. The van der Waals surface area contributed by atoms with E-state index in [0.29, 0.717) is 27.0 Å². The molecule has 1 aromatic heterocycles. The Morgan fingerprint density at radius 2 is 1.55 bits per heavy atom. The van der Waals surface area contributed by atoms with Crippen LogP contribution in [0.25, 0.3) is 28.1 Å². The van der Waals surface area contributed by atoms with Gasteiger partial charge in [-0.3, -0.25) is 14.4 Å². The van der Waals surface area contributed by atoms with Crippen molar-refractivity contribution in [2.24, 2.45) is 0 Å². The summed E-state index contributed by atoms with van der Waals surface area (Å²) in [6.45, 7) is 1.82. The topological polar surface area (TPSA) is 100 Å². The number of halogens is 2. The van der Waals surface area contributed by atoms with Crippen molar-refractivity contribution < 1.29 is 14.4 Å². The number of thioether (sulfide) groups is 1. The summed E-state index contributed by atoms with van der Waals surface area (Å²) >= 11 is 15.3. The molecule has 11 heteroatoms. The molecule has 0 bridgehead atoms. The summed E-state index contributed by atoms with van der Waals surface area (Å²) in [7, 11) is 0. The Hall–Kier alpha value is -4.93. The zero-order valence-electron chi connectivity index (χ0n) is 25.9. The molecule has 6 rings (SSSR count). The monoisotopic (exact) mass is 722 g/mol. The Morgan fingerprint density at radius 1 is 0.816 bits per heavy atom. The van der Waals surface area contributed by atoms with Crippen molar-refractivity contribution in [1.82, 2.24) is 10.3 Å². The van der Waals surface area contributed by atoms with Gasteiger partial charge in [-0.2, -0.15) is 0 Å². The maximum atomic E-state index is 13.4. The van der Waals surface area contributed by atoms with Gasteiger partial charge in [0, 0.05) is 27.1 Å². The van der Waals surface area contributed by atoms with Crippen molar-refractivity contribution in [3.63, 3.8) is 0 Å². The van der Waals surface area contributed by atoms with Gasteiger partial charge in [0.2, 0.25) is 5.91 Å². The number of nitrogens with zero attached hydrogens (tertiary/aromatic N) is 1. The fourth-order valence-corrected chi connectivity index (χ4v) is 6.77. The van der Waals surface area contributed by atoms with E-state index in [4.69, 9.17) is 23.2 Å². The molecule has 6 aromatic rings. The molecule has 1 atom stereocenters. The smallest absolute Gasteiger partial charge is 0.272 e. The fourth-order valence-electron chi connectivity index (χ4n) is 4.82. The summed E-state index contributed by atoms with van der Waals surface area (Å²) in [6.07, 6.45) is 1.47. The van der Waals surface area contributed by atoms with E-state index >= 15 is 0 Å². The summed E-state index contributed by atoms with van der Waals surface area (Å²) < 4.78 is 0. The number of fused-ring (bicyclic) bond motifs is 1. The highest BCUT2D eigenvalue weighted by molar-refractivity contribution is 8.00. The number of thiazole rings is 1. The second-order valence-electron chi connectivity index (χ2n) is 10.8. The van der Waals surface area contributed by atoms with Crippen molar-refractivity contribution in [2.75, 3.05) is 10.6 Å². The maximum Gasteiger partial charge on any atom is 0.272 e. The normalized spacial score (nSPS) is 11.9. The van der Waals surface area contributed by atoms with Crippen LogP contribution in [0.2, 0.25) is 10.0 Å². The minimum Gasteiger partial charge on any atom is -0.321 e. The molecular formula is C38H28Cl2N4O3S2. The highest BCUT2D eigenvalue weighted by atomic mass is 35.5. The molecule has 0 spiro atoms. The van der Waals surface area contributed by atoms with Crippen LogP contribution < -0.4 is 16.0 Å². The molecule has 3 amide bonds. The van der Waals surface area contributed by atoms with Crippen LogP contribution in [0, 0.1) is 0 Å². The zero-order chi connectivity index (χ0) is 34.3. The third-order valence-corrected chi connectivity index (χ3v) is 10.1. The van der Waals surface area contributed by atoms with Gasteiger partial charge < -0.3 is 16.0 Å². The van der Waals surface area contributed by atoms with Crippen molar-refractivity contribution >= 4 is 91.7 Å². The van der Waals surface area contributed by atoms with Gasteiger partial charge in [-0.1, -0.05) is 89.9 Å². The number of rotatable bonds is 10. The Bertz CT molecular complexity index is 2190. The van der Waals surface area contributed by atoms with Crippen molar-refractivity contribution in [3.05, 3.63) is 148 Å². The first-order chi connectivity index (χ1) is 23.7. The molecule has 49 heavy (non-hydrogen) atoms. The number of anilines is 2. The molecule has 3 N–H and O–H groups in total. The quantitative estimate of drug-likeness (QED) is 0.0966. The summed E-state index contributed by atoms with van der Waals surface area (Å²) in [6, 6.07) is 35.0. The number of hydrogen-bond acceptors (Lipinski definition) is 6. The van der Waals surface area contributed by atoms with Gasteiger partial charge in [-0.25, -0.2) is 4.98 Å². The molecule has 244 valence electrons. The van der Waals surface area contributed by atoms with Crippen LogP contribution >= 0.6 is 46.3 Å². The first kappa shape index (κ1) is 34.0. The number of benzene rings is 5. The average Bonchev–Trinajstić information content (AvgIpc) is 3.59. The Morgan fingerprint density at radius 3 is 2.33 bits per heavy atom. The Kier molecular flexibility index (Phi) is 10.8. The van der Waals surface area contributed by atoms with Gasteiger partial charge in [0.05, 0.1) is 21.0 Å². The van der Waals surface area contributed by atoms with Crippen LogP contribution in [0.1, 0.15) is 22.8 Å². The highest BCUT2D eigenvalue weighted by Gasteiger charge is 2.19. The zero-order valence-corrected chi connectivity index (χ0v) is 29.1. The van der Waals surface area contributed by atoms with Crippen LogP contribution in [-0.2, 0) is 9.59 Å². The number of aromatic nitrogens is 1. The molecule has 0 aliphatic heterocycles. The number of nitrogens with one attached hydrogen (secondary N) is 3. The van der Waals surface area contributed by atoms with Crippen molar-refractivity contribution in [2.45, 2.75) is 17.1 Å². The number of hydrogen-bond donors (Lipinski definition) is 3. The maximum absolute atomic E-state index is 13.4. The number of carbonyl (C=O) groups excluding carboxylic acids is 3. The van der Waals surface area contributed by atoms with Gasteiger partial charge in [-0.05, 0) is 77.9 Å². The second kappa shape index (κ2) is 15.5. The van der Waals surface area contributed by atoms with E-state index in [2.05, 4.69) is 45.2 Å². The second-order valence-corrected chi connectivity index (χ2v) is 13.9. The van der Waals surface area contributed by atoms with E-state index < -0.39 is 17.1 Å². The summed E-state index contributed by atoms with van der Waals surface area (Å²) in [5.74, 6) is -1.19. The molecule has 0 aliphatic carbocycles. The Labute approximate surface area is 301 Å². The summed E-state index contributed by atoms with van der Waals surface area (Å²) in [4.78, 5) is 44.9. The molecule has 5 aromatic carbocycles. The van der Waals surface area contributed by atoms with E-state index in [1.54, 1.807) is 60.7 Å². The van der Waals surface area contributed by atoms with Gasteiger partial charge in [-0.15, -0.1) is 23.1 Å². The fraction of sp³-hybridized carbons (Fsp3) is 0.0526. The van der Waals surface area contributed by atoms with E-state index in [9.17, 15) is 14.4 Å². The van der Waals surface area contributed by atoms with Gasteiger partial charge in [0.25, 0.3) is 11.8 Å². The standard InChI is InChI=1S/C38H28Cl2N4O3S2/c1-23(35(45)44-38-43-33(22-48-38)27-15-14-24-8-5-6-11-26(24)20-27)49-30-18-16-29(17-19-30)41-37(47)32(21-28-12-7-13-31(39)34(28)40)42-36(46)25-9-3-2-4-10-25/h2-23H,1H3,(H,41,47)(H,42,46)(H,43,44,45)/b32-21-. The first-order valence-electron chi connectivity index (χ1n) is 15.1. The van der Waals surface area contributed by atoms with Gasteiger partial charge >= 0.3 is 0 Å². The highest BCUT2D eigenvalue weighted by Crippen LogP contribution is 2.30. The molecule has 7 nitrogen and oxygen atoms in total. The summed E-state index contributed by atoms with van der Waals surface area (Å²) in [5.41, 5.74) is 3.12. The van der Waals surface area contributed by atoms with Crippen LogP contribution in [0.5, 0.6) is 0 Å². The molecule has 0 saturated heterocycles. The minimum atomic E-state index is -0.556. The predicted octanol–water partition coefficient (Wildman–Crippen LogP) is 9.80. The first-order valence-corrected chi connectivity index (χ1v) is 17.6. The molecular weight excluding hydrogens is 695 g/mol. The third-order valence-electron chi connectivity index (χ3n) is 7.38. The molecule has 0 radical (unpaired) electrons. The van der Waals surface area contributed by atoms with Crippen molar-refractivity contribution in [3.8, 4) is 11.3 Å². The molecule has 0 saturated carbocycles. The summed E-state index contributed by atoms with van der Waals surface area (Å²) in [5, 5.41) is 13.3.